The van der Waals surface area contributed by atoms with Crippen molar-refractivity contribution in [2.24, 2.45) is 0 Å². The van der Waals surface area contributed by atoms with Crippen molar-refractivity contribution in [2.45, 2.75) is 6.54 Å². The number of hydrogen-bond donors (Lipinski definition) is 2. The lowest BCUT2D eigenvalue weighted by Crippen LogP contribution is -2.12. The molecule has 6 nitrogen and oxygen atoms in total. The van der Waals surface area contributed by atoms with Gasteiger partial charge in [0.2, 0.25) is 0 Å². The zero-order chi connectivity index (χ0) is 17.4. The van der Waals surface area contributed by atoms with E-state index in [-0.39, 0.29) is 5.91 Å². The number of fused-ring (bicyclic) bond motifs is 2. The van der Waals surface area contributed by atoms with Crippen LogP contribution in [0.4, 0.5) is 5.69 Å². The van der Waals surface area contributed by atoms with Gasteiger partial charge >= 0.3 is 0 Å². The van der Waals surface area contributed by atoms with Gasteiger partial charge in [0.05, 0.1) is 22.3 Å². The summed E-state index contributed by atoms with van der Waals surface area (Å²) >= 11 is 1.33. The summed E-state index contributed by atoms with van der Waals surface area (Å²) in [4.78, 5) is 22.5. The second-order valence-electron chi connectivity index (χ2n) is 6.13. The summed E-state index contributed by atoms with van der Waals surface area (Å²) in [6.45, 7) is 0.737. The molecule has 7 heteroatoms. The number of H-pyrrole nitrogens is 1. The summed E-state index contributed by atoms with van der Waals surface area (Å²) < 4.78 is 5.30. The van der Waals surface area contributed by atoms with Crippen LogP contribution in [0.5, 0.6) is 0 Å². The van der Waals surface area contributed by atoms with E-state index in [2.05, 4.69) is 19.7 Å². The number of hydrogen-bond acceptors (Lipinski definition) is 5. The van der Waals surface area contributed by atoms with E-state index in [0.29, 0.717) is 5.69 Å². The molecule has 0 aliphatic carbocycles. The number of rotatable bonds is 4. The summed E-state index contributed by atoms with van der Waals surface area (Å²) in [6, 6.07) is 13.4. The number of carbonyl (C=O) groups excluding carboxylic acids is 1. The van der Waals surface area contributed by atoms with E-state index in [4.69, 9.17) is 0 Å². The summed E-state index contributed by atoms with van der Waals surface area (Å²) in [5, 5.41) is 3.80. The molecular weight excluding hydrogens is 334 g/mol. The quantitative estimate of drug-likeness (QED) is 0.590. The second kappa shape index (κ2) is 6.27. The Bertz CT molecular complexity index is 1070. The molecule has 0 radical (unpaired) electrons. The lowest BCUT2D eigenvalue weighted by molar-refractivity contribution is 0.102. The van der Waals surface area contributed by atoms with E-state index in [1.807, 2.05) is 61.5 Å². The number of anilines is 1. The average molecular weight is 351 g/mol. The third-order valence-corrected chi connectivity index (χ3v) is 4.67. The van der Waals surface area contributed by atoms with E-state index in [9.17, 15) is 4.79 Å². The second-order valence-corrected chi connectivity index (χ2v) is 6.94. The molecule has 0 aliphatic rings. The van der Waals surface area contributed by atoms with Crippen LogP contribution in [0.15, 0.2) is 42.5 Å². The Morgan fingerprint density at radius 3 is 2.92 bits per heavy atom. The lowest BCUT2D eigenvalue weighted by Gasteiger charge is -2.05. The third kappa shape index (κ3) is 3.11. The smallest absolute Gasteiger partial charge is 0.276 e. The van der Waals surface area contributed by atoms with Gasteiger partial charge in [-0.05, 0) is 49.9 Å². The SMILES string of the molecule is CN(C)Cc1nc2ccc(NC(=O)c3nsc4ccccc34)cc2[nH]1. The minimum absolute atomic E-state index is 0.204. The molecule has 4 aromatic rings. The minimum atomic E-state index is -0.204. The highest BCUT2D eigenvalue weighted by molar-refractivity contribution is 7.13. The minimum Gasteiger partial charge on any atom is -0.341 e. The lowest BCUT2D eigenvalue weighted by atomic mass is 10.2. The maximum Gasteiger partial charge on any atom is 0.276 e. The van der Waals surface area contributed by atoms with Gasteiger partial charge in [-0.25, -0.2) is 4.98 Å². The van der Waals surface area contributed by atoms with Crippen molar-refractivity contribution in [1.29, 1.82) is 0 Å². The molecule has 4 rings (SSSR count). The van der Waals surface area contributed by atoms with Gasteiger partial charge in [-0.2, -0.15) is 4.37 Å². The van der Waals surface area contributed by atoms with Crippen molar-refractivity contribution in [2.75, 3.05) is 19.4 Å². The highest BCUT2D eigenvalue weighted by atomic mass is 32.1. The normalized spacial score (nSPS) is 11.5. The van der Waals surface area contributed by atoms with Gasteiger partial charge in [0.25, 0.3) is 5.91 Å². The molecular formula is C18H17N5OS. The van der Waals surface area contributed by atoms with Gasteiger partial charge in [0, 0.05) is 11.1 Å². The first kappa shape index (κ1) is 15.7. The Morgan fingerprint density at radius 1 is 1.24 bits per heavy atom. The van der Waals surface area contributed by atoms with Crippen LogP contribution in [0.3, 0.4) is 0 Å². The van der Waals surface area contributed by atoms with E-state index < -0.39 is 0 Å². The van der Waals surface area contributed by atoms with Crippen LogP contribution in [0.1, 0.15) is 16.3 Å². The summed E-state index contributed by atoms with van der Waals surface area (Å²) in [5.74, 6) is 0.693. The fourth-order valence-corrected chi connectivity index (χ4v) is 3.53. The Morgan fingerprint density at radius 2 is 2.08 bits per heavy atom. The molecule has 1 amide bonds. The van der Waals surface area contributed by atoms with E-state index in [0.717, 1.165) is 39.2 Å². The number of nitrogens with one attached hydrogen (secondary N) is 2. The maximum absolute atomic E-state index is 12.6. The molecule has 25 heavy (non-hydrogen) atoms. The fourth-order valence-electron chi connectivity index (χ4n) is 2.75. The first-order valence-electron chi connectivity index (χ1n) is 7.89. The molecule has 0 aliphatic heterocycles. The van der Waals surface area contributed by atoms with Gasteiger partial charge in [0.1, 0.15) is 11.5 Å². The van der Waals surface area contributed by atoms with Gasteiger partial charge in [-0.3, -0.25) is 4.79 Å². The van der Waals surface area contributed by atoms with E-state index >= 15 is 0 Å². The average Bonchev–Trinajstić information content (AvgIpc) is 3.17. The van der Waals surface area contributed by atoms with E-state index in [1.165, 1.54) is 11.5 Å². The fraction of sp³-hybridized carbons (Fsp3) is 0.167. The molecule has 2 heterocycles. The molecule has 0 saturated heterocycles. The van der Waals surface area contributed by atoms with Crippen molar-refractivity contribution in [3.05, 3.63) is 54.0 Å². The predicted molar refractivity (Wildman–Crippen MR) is 101 cm³/mol. The van der Waals surface area contributed by atoms with Gasteiger partial charge < -0.3 is 15.2 Å². The number of nitrogens with zero attached hydrogens (tertiary/aromatic N) is 3. The summed E-state index contributed by atoms with van der Waals surface area (Å²) in [5.41, 5.74) is 2.96. The maximum atomic E-state index is 12.6. The van der Waals surface area contributed by atoms with Crippen LogP contribution in [-0.4, -0.2) is 39.2 Å². The van der Waals surface area contributed by atoms with Gasteiger partial charge in [-0.15, -0.1) is 0 Å². The first-order valence-corrected chi connectivity index (χ1v) is 8.66. The van der Waals surface area contributed by atoms with Crippen molar-refractivity contribution in [3.63, 3.8) is 0 Å². The summed E-state index contributed by atoms with van der Waals surface area (Å²) in [6.07, 6.45) is 0. The largest absolute Gasteiger partial charge is 0.341 e. The van der Waals surface area contributed by atoms with Crippen molar-refractivity contribution in [3.8, 4) is 0 Å². The number of carbonyl (C=O) groups is 1. The molecule has 0 bridgehead atoms. The van der Waals surface area contributed by atoms with Crippen molar-refractivity contribution >= 4 is 44.2 Å². The molecule has 0 spiro atoms. The van der Waals surface area contributed by atoms with Crippen molar-refractivity contribution in [1.82, 2.24) is 19.2 Å². The van der Waals surface area contributed by atoms with Crippen LogP contribution < -0.4 is 5.32 Å². The Hall–Kier alpha value is -2.77. The van der Waals surface area contributed by atoms with Crippen LogP contribution in [0, 0.1) is 0 Å². The number of aromatic amines is 1. The zero-order valence-electron chi connectivity index (χ0n) is 13.9. The standard InChI is InChI=1S/C18H17N5OS/c1-23(2)10-16-20-13-8-7-11(9-14(13)21-16)19-18(24)17-12-5-3-4-6-15(12)25-22-17/h3-9H,10H2,1-2H3,(H,19,24)(H,20,21). The van der Waals surface area contributed by atoms with Crippen LogP contribution in [0.25, 0.3) is 21.1 Å². The molecule has 0 unspecified atom stereocenters. The van der Waals surface area contributed by atoms with Crippen molar-refractivity contribution < 1.29 is 4.79 Å². The number of benzene rings is 2. The van der Waals surface area contributed by atoms with Crippen LogP contribution >= 0.6 is 11.5 Å². The third-order valence-electron chi connectivity index (χ3n) is 3.85. The molecule has 0 atom stereocenters. The van der Waals surface area contributed by atoms with Gasteiger partial charge in [-0.1, -0.05) is 18.2 Å². The predicted octanol–water partition coefficient (Wildman–Crippen LogP) is 3.49. The molecule has 2 aromatic carbocycles. The zero-order valence-corrected chi connectivity index (χ0v) is 14.7. The monoisotopic (exact) mass is 351 g/mol. The molecule has 0 saturated carbocycles. The first-order chi connectivity index (χ1) is 12.1. The molecule has 0 fully saturated rings. The summed E-state index contributed by atoms with van der Waals surface area (Å²) in [7, 11) is 3.99. The van der Waals surface area contributed by atoms with E-state index in [1.54, 1.807) is 0 Å². The molecule has 2 N–H and O–H groups in total. The topological polar surface area (TPSA) is 73.9 Å². The van der Waals surface area contributed by atoms with Crippen LogP contribution in [-0.2, 0) is 6.54 Å². The Labute approximate surface area is 148 Å². The van der Waals surface area contributed by atoms with Crippen LogP contribution in [0.2, 0.25) is 0 Å². The Balaban J connectivity index is 1.60. The van der Waals surface area contributed by atoms with Gasteiger partial charge in [0.15, 0.2) is 0 Å². The highest BCUT2D eigenvalue weighted by Gasteiger charge is 2.14. The number of amides is 1. The Kier molecular flexibility index (Phi) is 3.95. The number of imidazole rings is 1. The molecule has 2 aromatic heterocycles. The molecule has 126 valence electrons. The number of aromatic nitrogens is 3. The highest BCUT2D eigenvalue weighted by Crippen LogP contribution is 2.24.